The highest BCUT2D eigenvalue weighted by Gasteiger charge is 2.30. The Kier molecular flexibility index (Phi) is 5.35. The van der Waals surface area contributed by atoms with Crippen molar-refractivity contribution in [2.45, 2.75) is 20.3 Å². The molecule has 0 saturated carbocycles. The Bertz CT molecular complexity index is 1050. The van der Waals surface area contributed by atoms with E-state index >= 15 is 0 Å². The van der Waals surface area contributed by atoms with Crippen LogP contribution >= 0.6 is 23.2 Å². The molecular weight excluding hydrogens is 407 g/mol. The van der Waals surface area contributed by atoms with Crippen molar-refractivity contribution in [2.75, 3.05) is 5.01 Å². The summed E-state index contributed by atoms with van der Waals surface area (Å²) in [5, 5.41) is 19.4. The molecule has 3 rings (SSSR count). The maximum atomic E-state index is 12.4. The number of aryl methyl sites for hydroxylation is 1. The zero-order valence-electron chi connectivity index (χ0n) is 14.8. The van der Waals surface area contributed by atoms with Gasteiger partial charge in [0.15, 0.2) is 0 Å². The molecule has 0 aromatic heterocycles. The van der Waals surface area contributed by atoms with Crippen molar-refractivity contribution in [3.63, 3.8) is 0 Å². The highest BCUT2D eigenvalue weighted by atomic mass is 35.5. The van der Waals surface area contributed by atoms with Gasteiger partial charge >= 0.3 is 0 Å². The summed E-state index contributed by atoms with van der Waals surface area (Å²) in [6, 6.07) is 6.89. The fourth-order valence-corrected chi connectivity index (χ4v) is 3.33. The third kappa shape index (κ3) is 3.69. The summed E-state index contributed by atoms with van der Waals surface area (Å²) >= 11 is 12.5. The number of carbonyl (C=O) groups excluding carboxylic acids is 2. The molecule has 1 heterocycles. The van der Waals surface area contributed by atoms with Gasteiger partial charge < -0.3 is 5.32 Å². The summed E-state index contributed by atoms with van der Waals surface area (Å²) in [7, 11) is 0. The fourth-order valence-electron chi connectivity index (χ4n) is 2.80. The van der Waals surface area contributed by atoms with E-state index in [2.05, 4.69) is 10.4 Å². The van der Waals surface area contributed by atoms with Crippen molar-refractivity contribution >= 4 is 52.2 Å². The Morgan fingerprint density at radius 1 is 1.29 bits per heavy atom. The van der Waals surface area contributed by atoms with Crippen LogP contribution in [0.3, 0.4) is 0 Å². The van der Waals surface area contributed by atoms with Crippen LogP contribution in [0.4, 0.5) is 11.4 Å². The molecule has 0 fully saturated rings. The van der Waals surface area contributed by atoms with Crippen LogP contribution < -0.4 is 10.3 Å². The number of nitro benzene ring substituents is 1. The number of hydrazone groups is 1. The van der Waals surface area contributed by atoms with Crippen molar-refractivity contribution in [2.24, 2.45) is 5.10 Å². The normalized spacial score (nSPS) is 13.5. The van der Waals surface area contributed by atoms with Gasteiger partial charge in [-0.3, -0.25) is 19.7 Å². The van der Waals surface area contributed by atoms with Crippen molar-refractivity contribution in [1.82, 2.24) is 5.32 Å². The van der Waals surface area contributed by atoms with E-state index in [0.29, 0.717) is 21.3 Å². The van der Waals surface area contributed by atoms with Gasteiger partial charge in [-0.05, 0) is 37.1 Å². The maximum absolute atomic E-state index is 12.4. The number of nitrogens with one attached hydrogen (secondary N) is 1. The molecule has 10 heteroatoms. The molecule has 2 amide bonds. The van der Waals surface area contributed by atoms with Gasteiger partial charge in [0.2, 0.25) is 0 Å². The van der Waals surface area contributed by atoms with Crippen LogP contribution in [0.5, 0.6) is 0 Å². The minimum atomic E-state index is -0.609. The molecule has 2 aromatic rings. The van der Waals surface area contributed by atoms with E-state index in [1.807, 2.05) is 0 Å². The minimum absolute atomic E-state index is 0.0791. The molecule has 1 aliphatic heterocycles. The second-order valence-electron chi connectivity index (χ2n) is 6.15. The first-order chi connectivity index (χ1) is 13.2. The quantitative estimate of drug-likeness (QED) is 0.598. The highest BCUT2D eigenvalue weighted by Crippen LogP contribution is 2.38. The monoisotopic (exact) mass is 420 g/mol. The third-order valence-electron chi connectivity index (χ3n) is 4.16. The summed E-state index contributed by atoms with van der Waals surface area (Å²) in [6.07, 6.45) is -0.151. The lowest BCUT2D eigenvalue weighted by Crippen LogP contribution is -2.29. The van der Waals surface area contributed by atoms with Crippen molar-refractivity contribution in [3.05, 3.63) is 67.2 Å². The molecule has 0 aliphatic carbocycles. The molecule has 8 nitrogen and oxygen atoms in total. The number of nitrogens with zero attached hydrogens (tertiary/aromatic N) is 3. The van der Waals surface area contributed by atoms with Gasteiger partial charge in [-0.2, -0.15) is 10.1 Å². The number of benzene rings is 2. The van der Waals surface area contributed by atoms with E-state index < -0.39 is 10.8 Å². The number of anilines is 1. The molecule has 1 aliphatic rings. The molecule has 0 radical (unpaired) electrons. The number of hydrogen-bond donors (Lipinski definition) is 1. The van der Waals surface area contributed by atoms with Crippen LogP contribution in [0.2, 0.25) is 10.0 Å². The van der Waals surface area contributed by atoms with Gasteiger partial charge in [-0.15, -0.1) is 0 Å². The Labute approximate surface area is 169 Å². The maximum Gasteiger partial charge on any atom is 0.270 e. The number of rotatable bonds is 3. The molecule has 0 unspecified atom stereocenters. The minimum Gasteiger partial charge on any atom is -0.308 e. The molecular formula is C18H14Cl2N4O4. The van der Waals surface area contributed by atoms with Crippen molar-refractivity contribution < 1.29 is 14.5 Å². The van der Waals surface area contributed by atoms with Gasteiger partial charge in [0.1, 0.15) is 5.84 Å². The third-order valence-corrected chi connectivity index (χ3v) is 5.03. The average Bonchev–Trinajstić information content (AvgIpc) is 2.99. The Morgan fingerprint density at radius 3 is 2.68 bits per heavy atom. The zero-order valence-corrected chi connectivity index (χ0v) is 16.3. The van der Waals surface area contributed by atoms with Gasteiger partial charge in [0, 0.05) is 22.7 Å². The smallest absolute Gasteiger partial charge is 0.270 e. The summed E-state index contributed by atoms with van der Waals surface area (Å²) in [4.78, 5) is 35.0. The first-order valence-electron chi connectivity index (χ1n) is 8.10. The number of nitro groups is 1. The molecule has 0 bridgehead atoms. The van der Waals surface area contributed by atoms with Crippen LogP contribution in [0.25, 0.3) is 0 Å². The number of carbonyl (C=O) groups is 2. The Morgan fingerprint density at radius 2 is 2.00 bits per heavy atom. The molecule has 2 aromatic carbocycles. The largest absolute Gasteiger partial charge is 0.308 e. The number of hydrogen-bond acceptors (Lipinski definition) is 5. The fraction of sp³-hybridized carbons (Fsp3) is 0.167. The predicted octanol–water partition coefficient (Wildman–Crippen LogP) is 4.00. The molecule has 28 heavy (non-hydrogen) atoms. The SMILES string of the molecule is Cc1cc(Cl)c(N2N=C(NC(=O)c3cccc([N+](=O)[O-])c3)CC2=O)c(C)c1Cl. The first kappa shape index (κ1) is 19.8. The van der Waals surface area contributed by atoms with E-state index in [1.54, 1.807) is 19.9 Å². The van der Waals surface area contributed by atoms with Crippen molar-refractivity contribution in [3.8, 4) is 0 Å². The van der Waals surface area contributed by atoms with Crippen LogP contribution in [0, 0.1) is 24.0 Å². The molecule has 0 saturated heterocycles. The van der Waals surface area contributed by atoms with E-state index in [0.717, 1.165) is 16.6 Å². The molecule has 0 spiro atoms. The summed E-state index contributed by atoms with van der Waals surface area (Å²) in [5.74, 6) is -0.894. The second-order valence-corrected chi connectivity index (χ2v) is 6.94. The van der Waals surface area contributed by atoms with Crippen molar-refractivity contribution in [1.29, 1.82) is 0 Å². The molecule has 144 valence electrons. The summed E-state index contributed by atoms with van der Waals surface area (Å²) in [5.41, 5.74) is 1.57. The lowest BCUT2D eigenvalue weighted by Gasteiger charge is -2.18. The highest BCUT2D eigenvalue weighted by molar-refractivity contribution is 6.37. The van der Waals surface area contributed by atoms with E-state index in [-0.39, 0.29) is 29.4 Å². The summed E-state index contributed by atoms with van der Waals surface area (Å²) in [6.45, 7) is 3.52. The topological polar surface area (TPSA) is 105 Å². The van der Waals surface area contributed by atoms with E-state index in [9.17, 15) is 19.7 Å². The Hall–Kier alpha value is -2.97. The van der Waals surface area contributed by atoms with Crippen LogP contribution in [-0.4, -0.2) is 22.6 Å². The zero-order chi connectivity index (χ0) is 20.6. The first-order valence-corrected chi connectivity index (χ1v) is 8.86. The average molecular weight is 421 g/mol. The van der Waals surface area contributed by atoms with Crippen LogP contribution in [0.1, 0.15) is 27.9 Å². The number of amides is 2. The van der Waals surface area contributed by atoms with Crippen LogP contribution in [-0.2, 0) is 4.79 Å². The van der Waals surface area contributed by atoms with E-state index in [4.69, 9.17) is 23.2 Å². The lowest BCUT2D eigenvalue weighted by molar-refractivity contribution is -0.384. The van der Waals surface area contributed by atoms with Gasteiger partial charge in [0.25, 0.3) is 17.5 Å². The number of halogens is 2. The number of amidine groups is 1. The number of non-ortho nitro benzene ring substituents is 1. The lowest BCUT2D eigenvalue weighted by atomic mass is 10.1. The van der Waals surface area contributed by atoms with E-state index in [1.165, 1.54) is 18.2 Å². The predicted molar refractivity (Wildman–Crippen MR) is 106 cm³/mol. The second kappa shape index (κ2) is 7.57. The van der Waals surface area contributed by atoms with Gasteiger partial charge in [0.05, 0.1) is 22.1 Å². The summed E-state index contributed by atoms with van der Waals surface area (Å²) < 4.78 is 0. The standard InChI is InChI=1S/C18H14Cl2N4O4/c1-9-6-13(19)17(10(2)16(9)20)23-15(25)8-14(22-23)21-18(26)11-4-3-5-12(7-11)24(27)28/h3-7H,8H2,1-2H3,(H,21,22,26). The van der Waals surface area contributed by atoms with Crippen LogP contribution in [0.15, 0.2) is 35.4 Å². The van der Waals surface area contributed by atoms with Gasteiger partial charge in [-0.25, -0.2) is 0 Å². The molecule has 1 N–H and O–H groups in total. The van der Waals surface area contributed by atoms with Gasteiger partial charge in [-0.1, -0.05) is 29.3 Å². The Balaban J connectivity index is 1.87. The molecule has 0 atom stereocenters.